The lowest BCUT2D eigenvalue weighted by Gasteiger charge is -2.33. The van der Waals surface area contributed by atoms with Crippen molar-refractivity contribution in [2.24, 2.45) is 10.9 Å². The summed E-state index contributed by atoms with van der Waals surface area (Å²) in [5, 5.41) is 12.0. The number of esters is 1. The zero-order chi connectivity index (χ0) is 17.6. The van der Waals surface area contributed by atoms with Crippen LogP contribution in [-0.4, -0.2) is 58.3 Å². The minimum Gasteiger partial charge on any atom is -0.466 e. The van der Waals surface area contributed by atoms with Crippen LogP contribution in [0.25, 0.3) is 0 Å². The van der Waals surface area contributed by atoms with Crippen LogP contribution in [0.2, 0.25) is 0 Å². The predicted octanol–water partition coefficient (Wildman–Crippen LogP) is 1.58. The van der Waals surface area contributed by atoms with Crippen LogP contribution in [0.1, 0.15) is 44.3 Å². The molecule has 8 nitrogen and oxygen atoms in total. The van der Waals surface area contributed by atoms with E-state index in [-0.39, 0.29) is 35.9 Å². The smallest absolute Gasteiger partial charge is 0.310 e. The highest BCUT2D eigenvalue weighted by molar-refractivity contribution is 14.0. The normalized spacial score (nSPS) is 20.2. The molecule has 0 bridgehead atoms. The lowest BCUT2D eigenvalue weighted by molar-refractivity contribution is -0.149. The van der Waals surface area contributed by atoms with Crippen LogP contribution in [0, 0.1) is 5.92 Å². The fourth-order valence-corrected chi connectivity index (χ4v) is 3.61. The molecule has 0 amide bonds. The van der Waals surface area contributed by atoms with E-state index in [0.717, 1.165) is 50.0 Å². The van der Waals surface area contributed by atoms with E-state index in [9.17, 15) is 4.79 Å². The second-order valence-electron chi connectivity index (χ2n) is 6.58. The van der Waals surface area contributed by atoms with Gasteiger partial charge in [-0.1, -0.05) is 0 Å². The highest BCUT2D eigenvalue weighted by atomic mass is 127. The van der Waals surface area contributed by atoms with Gasteiger partial charge in [-0.05, 0) is 32.6 Å². The van der Waals surface area contributed by atoms with Gasteiger partial charge in [-0.2, -0.15) is 0 Å². The summed E-state index contributed by atoms with van der Waals surface area (Å²) >= 11 is 0. The van der Waals surface area contributed by atoms with E-state index in [4.69, 9.17) is 4.74 Å². The summed E-state index contributed by atoms with van der Waals surface area (Å²) < 4.78 is 7.39. The van der Waals surface area contributed by atoms with Crippen molar-refractivity contribution in [1.82, 2.24) is 25.0 Å². The van der Waals surface area contributed by atoms with E-state index < -0.39 is 0 Å². The molecule has 3 rings (SSSR count). The van der Waals surface area contributed by atoms with Gasteiger partial charge in [0.2, 0.25) is 0 Å². The number of nitrogens with one attached hydrogen (secondary N) is 1. The van der Waals surface area contributed by atoms with Crippen molar-refractivity contribution < 1.29 is 9.53 Å². The number of halogens is 1. The van der Waals surface area contributed by atoms with E-state index in [1.165, 1.54) is 12.8 Å². The average molecular weight is 476 g/mol. The van der Waals surface area contributed by atoms with E-state index in [1.807, 2.05) is 6.92 Å². The molecule has 0 saturated carbocycles. The summed E-state index contributed by atoms with van der Waals surface area (Å²) in [7, 11) is 1.77. The second-order valence-corrected chi connectivity index (χ2v) is 6.58. The maximum absolute atomic E-state index is 12.0. The Morgan fingerprint density at radius 1 is 1.31 bits per heavy atom. The van der Waals surface area contributed by atoms with Crippen molar-refractivity contribution >= 4 is 35.9 Å². The molecule has 0 radical (unpaired) electrons. The molecule has 3 heterocycles. The van der Waals surface area contributed by atoms with Gasteiger partial charge in [0.1, 0.15) is 5.82 Å². The van der Waals surface area contributed by atoms with Gasteiger partial charge in [0.05, 0.1) is 19.1 Å². The standard InChI is InChI=1S/C17H28N6O2.HI/c1-3-25-16(24)13-7-6-9-22(12-13)17(18-2)19-11-15-21-20-14-8-4-5-10-23(14)15;/h13H,3-12H2,1-2H3,(H,18,19);1H/t13-;/m1./s1. The highest BCUT2D eigenvalue weighted by Gasteiger charge is 2.28. The monoisotopic (exact) mass is 476 g/mol. The summed E-state index contributed by atoms with van der Waals surface area (Å²) in [6, 6.07) is 0. The Bertz CT molecular complexity index is 633. The predicted molar refractivity (Wildman–Crippen MR) is 110 cm³/mol. The van der Waals surface area contributed by atoms with Gasteiger partial charge in [0.25, 0.3) is 0 Å². The van der Waals surface area contributed by atoms with E-state index >= 15 is 0 Å². The van der Waals surface area contributed by atoms with E-state index in [2.05, 4.69) is 30.0 Å². The first-order valence-electron chi connectivity index (χ1n) is 9.26. The quantitative estimate of drug-likeness (QED) is 0.308. The first-order valence-corrected chi connectivity index (χ1v) is 9.26. The summed E-state index contributed by atoms with van der Waals surface area (Å²) in [5.74, 6) is 2.66. The number of ether oxygens (including phenoxy) is 1. The van der Waals surface area contributed by atoms with Gasteiger partial charge in [-0.3, -0.25) is 9.79 Å². The molecule has 1 atom stereocenters. The number of rotatable bonds is 4. The summed E-state index contributed by atoms with van der Waals surface area (Å²) in [4.78, 5) is 18.6. The Balaban J connectivity index is 0.00000243. The number of aliphatic imine (C=N–C) groups is 1. The number of carbonyl (C=O) groups excluding carboxylic acids is 1. The molecule has 1 N–H and O–H groups in total. The zero-order valence-electron chi connectivity index (χ0n) is 15.6. The highest BCUT2D eigenvalue weighted by Crippen LogP contribution is 2.18. The van der Waals surface area contributed by atoms with Gasteiger partial charge < -0.3 is 19.5 Å². The van der Waals surface area contributed by atoms with Crippen LogP contribution in [0.15, 0.2) is 4.99 Å². The van der Waals surface area contributed by atoms with Gasteiger partial charge in [-0.25, -0.2) is 0 Å². The number of nitrogens with zero attached hydrogens (tertiary/aromatic N) is 5. The number of guanidine groups is 1. The van der Waals surface area contributed by atoms with Gasteiger partial charge in [-0.15, -0.1) is 34.2 Å². The minimum atomic E-state index is -0.103. The fourth-order valence-electron chi connectivity index (χ4n) is 3.61. The van der Waals surface area contributed by atoms with Crippen LogP contribution < -0.4 is 5.32 Å². The second kappa shape index (κ2) is 10.1. The maximum atomic E-state index is 12.0. The molecule has 146 valence electrons. The third kappa shape index (κ3) is 4.86. The SMILES string of the molecule is CCOC(=O)[C@@H]1CCCN(C(=NC)NCc2nnc3n2CCCC3)C1.I. The molecule has 26 heavy (non-hydrogen) atoms. The number of carbonyl (C=O) groups is 1. The topological polar surface area (TPSA) is 84.6 Å². The maximum Gasteiger partial charge on any atom is 0.310 e. The zero-order valence-corrected chi connectivity index (χ0v) is 17.9. The Hall–Kier alpha value is -1.39. The van der Waals surface area contributed by atoms with E-state index in [0.29, 0.717) is 19.7 Å². The van der Waals surface area contributed by atoms with Crippen LogP contribution in [0.5, 0.6) is 0 Å². The lowest BCUT2D eigenvalue weighted by Crippen LogP contribution is -2.48. The number of hydrogen-bond acceptors (Lipinski definition) is 5. The number of aromatic nitrogens is 3. The lowest BCUT2D eigenvalue weighted by atomic mass is 9.98. The number of hydrogen-bond donors (Lipinski definition) is 1. The third-order valence-corrected chi connectivity index (χ3v) is 4.89. The molecule has 1 aromatic rings. The Kier molecular flexibility index (Phi) is 8.11. The van der Waals surface area contributed by atoms with Crippen molar-refractivity contribution in [2.75, 3.05) is 26.7 Å². The molecule has 0 aliphatic carbocycles. The van der Waals surface area contributed by atoms with Crippen molar-refractivity contribution in [1.29, 1.82) is 0 Å². The van der Waals surface area contributed by atoms with Crippen LogP contribution >= 0.6 is 24.0 Å². The largest absolute Gasteiger partial charge is 0.466 e. The van der Waals surface area contributed by atoms with Gasteiger partial charge in [0, 0.05) is 33.1 Å². The van der Waals surface area contributed by atoms with Crippen LogP contribution in [0.3, 0.4) is 0 Å². The van der Waals surface area contributed by atoms with Gasteiger partial charge in [0.15, 0.2) is 11.8 Å². The fraction of sp³-hybridized carbons (Fsp3) is 0.765. The van der Waals surface area contributed by atoms with Gasteiger partial charge >= 0.3 is 5.97 Å². The molecular formula is C17H29IN6O2. The van der Waals surface area contributed by atoms with Crippen LogP contribution in [0.4, 0.5) is 0 Å². The number of likely N-dealkylation sites (tertiary alicyclic amines) is 1. The molecule has 2 aliphatic rings. The third-order valence-electron chi connectivity index (χ3n) is 4.89. The molecule has 1 fully saturated rings. The Morgan fingerprint density at radius 3 is 2.92 bits per heavy atom. The molecule has 1 aromatic heterocycles. The summed E-state index contributed by atoms with van der Waals surface area (Å²) in [6.45, 7) is 5.41. The molecule has 1 saturated heterocycles. The number of piperidine rings is 1. The molecule has 9 heteroatoms. The van der Waals surface area contributed by atoms with Crippen molar-refractivity contribution in [3.8, 4) is 0 Å². The first-order chi connectivity index (χ1) is 12.2. The molecular weight excluding hydrogens is 447 g/mol. The summed E-state index contributed by atoms with van der Waals surface area (Å²) in [6.07, 6.45) is 5.22. The van der Waals surface area contributed by atoms with Crippen molar-refractivity contribution in [2.45, 2.75) is 52.1 Å². The number of aryl methyl sites for hydroxylation is 1. The van der Waals surface area contributed by atoms with Crippen molar-refractivity contribution in [3.05, 3.63) is 11.6 Å². The Labute approximate surface area is 171 Å². The van der Waals surface area contributed by atoms with Crippen LogP contribution in [-0.2, 0) is 29.0 Å². The minimum absolute atomic E-state index is 0. The Morgan fingerprint density at radius 2 is 2.15 bits per heavy atom. The molecule has 0 spiro atoms. The average Bonchev–Trinajstić information content (AvgIpc) is 3.06. The van der Waals surface area contributed by atoms with E-state index in [1.54, 1.807) is 7.05 Å². The molecule has 0 unspecified atom stereocenters. The first kappa shape index (κ1) is 20.9. The summed E-state index contributed by atoms with van der Waals surface area (Å²) in [5.41, 5.74) is 0. The molecule has 0 aromatic carbocycles. The van der Waals surface area contributed by atoms with Crippen molar-refractivity contribution in [3.63, 3.8) is 0 Å². The molecule has 2 aliphatic heterocycles. The number of fused-ring (bicyclic) bond motifs is 1.